The van der Waals surface area contributed by atoms with Crippen molar-refractivity contribution in [2.24, 2.45) is 5.92 Å². The Balaban J connectivity index is 1.73. The van der Waals surface area contributed by atoms with Crippen molar-refractivity contribution in [3.63, 3.8) is 0 Å². The fourth-order valence-corrected chi connectivity index (χ4v) is 3.53. The third-order valence-electron chi connectivity index (χ3n) is 4.85. The van der Waals surface area contributed by atoms with Crippen molar-refractivity contribution in [1.82, 2.24) is 4.90 Å². The third-order valence-corrected chi connectivity index (χ3v) is 4.85. The number of benzene rings is 2. The lowest BCUT2D eigenvalue weighted by molar-refractivity contribution is 0.0636. The Morgan fingerprint density at radius 3 is 2.64 bits per heavy atom. The molecule has 0 saturated carbocycles. The number of terminal acetylenes is 1. The molecule has 2 aromatic rings. The van der Waals surface area contributed by atoms with Crippen molar-refractivity contribution in [3.8, 4) is 18.1 Å². The van der Waals surface area contributed by atoms with Crippen molar-refractivity contribution in [2.75, 3.05) is 13.1 Å². The predicted octanol–water partition coefficient (Wildman–Crippen LogP) is 4.19. The van der Waals surface area contributed by atoms with Crippen LogP contribution in [0.25, 0.3) is 0 Å². The van der Waals surface area contributed by atoms with E-state index in [2.05, 4.69) is 5.92 Å². The lowest BCUT2D eigenvalue weighted by Crippen LogP contribution is -2.42. The highest BCUT2D eigenvalue weighted by Crippen LogP contribution is 2.24. The summed E-state index contributed by atoms with van der Waals surface area (Å²) in [4.78, 5) is 27.7. The minimum Gasteiger partial charge on any atom is -0.491 e. The van der Waals surface area contributed by atoms with Crippen LogP contribution in [0.5, 0.6) is 5.75 Å². The largest absolute Gasteiger partial charge is 0.491 e. The molecule has 1 aliphatic rings. The van der Waals surface area contributed by atoms with Gasteiger partial charge in [0.15, 0.2) is 5.78 Å². The van der Waals surface area contributed by atoms with Crippen molar-refractivity contribution in [1.29, 1.82) is 0 Å². The molecule has 4 heteroatoms. The molecule has 1 amide bonds. The maximum Gasteiger partial charge on any atom is 0.253 e. The Morgan fingerprint density at radius 1 is 1.14 bits per heavy atom. The first-order valence-electron chi connectivity index (χ1n) is 9.65. The first-order chi connectivity index (χ1) is 13.5. The first-order valence-corrected chi connectivity index (χ1v) is 9.65. The molecule has 4 nitrogen and oxygen atoms in total. The quantitative estimate of drug-likeness (QED) is 0.581. The highest BCUT2D eigenvalue weighted by molar-refractivity contribution is 5.99. The van der Waals surface area contributed by atoms with E-state index < -0.39 is 0 Å². The smallest absolute Gasteiger partial charge is 0.253 e. The number of piperidine rings is 1. The first kappa shape index (κ1) is 19.7. The number of Topliss-reactive ketones (excluding diaryl/α,β-unsaturated/α-hetero) is 1. The summed E-state index contributed by atoms with van der Waals surface area (Å²) in [7, 11) is 0. The molecule has 0 spiro atoms. The lowest BCUT2D eigenvalue weighted by Gasteiger charge is -2.32. The number of hydrogen-bond donors (Lipinski definition) is 0. The number of amides is 1. The van der Waals surface area contributed by atoms with Crippen molar-refractivity contribution < 1.29 is 14.3 Å². The van der Waals surface area contributed by atoms with E-state index in [1.165, 1.54) is 0 Å². The van der Waals surface area contributed by atoms with Crippen LogP contribution in [0.15, 0.2) is 48.5 Å². The molecule has 144 valence electrons. The Hall–Kier alpha value is -3.06. The second-order valence-corrected chi connectivity index (χ2v) is 7.37. The van der Waals surface area contributed by atoms with Crippen molar-refractivity contribution in [3.05, 3.63) is 65.2 Å². The van der Waals surface area contributed by atoms with Gasteiger partial charge in [0.25, 0.3) is 5.91 Å². The van der Waals surface area contributed by atoms with Gasteiger partial charge in [-0.15, -0.1) is 6.42 Å². The molecule has 1 atom stereocenters. The van der Waals surface area contributed by atoms with Crippen molar-refractivity contribution in [2.45, 2.75) is 32.8 Å². The number of carbonyl (C=O) groups excluding carboxylic acids is 2. The fraction of sp³-hybridized carbons (Fsp3) is 0.333. The van der Waals surface area contributed by atoms with Crippen molar-refractivity contribution >= 4 is 11.7 Å². The molecule has 0 aliphatic carbocycles. The topological polar surface area (TPSA) is 46.6 Å². The van der Waals surface area contributed by atoms with E-state index in [0.29, 0.717) is 35.5 Å². The fourth-order valence-electron chi connectivity index (χ4n) is 3.53. The van der Waals surface area contributed by atoms with Crippen LogP contribution < -0.4 is 4.74 Å². The van der Waals surface area contributed by atoms with Gasteiger partial charge in [-0.05, 0) is 57.0 Å². The van der Waals surface area contributed by atoms with Gasteiger partial charge in [-0.1, -0.05) is 24.1 Å². The van der Waals surface area contributed by atoms with E-state index in [-0.39, 0.29) is 23.7 Å². The highest BCUT2D eigenvalue weighted by Gasteiger charge is 2.29. The van der Waals surface area contributed by atoms with Crippen LogP contribution in [0.1, 0.15) is 53.0 Å². The molecule has 1 saturated heterocycles. The number of rotatable bonds is 5. The normalized spacial score (nSPS) is 16.5. The SMILES string of the molecule is C#Cc1cccc(C(=O)N2CCC[C@H](C(=O)c3cccc(OC(C)C)c3)C2)c1. The molecular weight excluding hydrogens is 350 g/mol. The predicted molar refractivity (Wildman–Crippen MR) is 110 cm³/mol. The minimum atomic E-state index is -0.206. The van der Waals surface area contributed by atoms with Crippen LogP contribution in [-0.4, -0.2) is 35.8 Å². The number of hydrogen-bond acceptors (Lipinski definition) is 3. The Morgan fingerprint density at radius 2 is 1.89 bits per heavy atom. The maximum atomic E-state index is 13.0. The number of ketones is 1. The summed E-state index contributed by atoms with van der Waals surface area (Å²) in [5.41, 5.74) is 1.88. The van der Waals surface area contributed by atoms with Crippen LogP contribution in [0, 0.1) is 18.3 Å². The van der Waals surface area contributed by atoms with Gasteiger partial charge in [-0.25, -0.2) is 0 Å². The van der Waals surface area contributed by atoms with Crippen LogP contribution in [0.2, 0.25) is 0 Å². The van der Waals surface area contributed by atoms with Gasteiger partial charge in [-0.2, -0.15) is 0 Å². The highest BCUT2D eigenvalue weighted by atomic mass is 16.5. The lowest BCUT2D eigenvalue weighted by atomic mass is 9.89. The Bertz CT molecular complexity index is 910. The van der Waals surface area contributed by atoms with E-state index in [1.807, 2.05) is 32.0 Å². The molecule has 28 heavy (non-hydrogen) atoms. The van der Waals surface area contributed by atoms with Crippen LogP contribution in [0.4, 0.5) is 0 Å². The summed E-state index contributed by atoms with van der Waals surface area (Å²) in [6.07, 6.45) is 7.07. The summed E-state index contributed by atoms with van der Waals surface area (Å²) in [6, 6.07) is 14.4. The van der Waals surface area contributed by atoms with E-state index in [0.717, 1.165) is 12.8 Å². The number of ether oxygens (including phenoxy) is 1. The zero-order valence-electron chi connectivity index (χ0n) is 16.4. The summed E-state index contributed by atoms with van der Waals surface area (Å²) in [5.74, 6) is 3.02. The monoisotopic (exact) mass is 375 g/mol. The molecular formula is C24H25NO3. The minimum absolute atomic E-state index is 0.0481. The van der Waals surface area contributed by atoms with Gasteiger partial charge in [0.2, 0.25) is 0 Å². The third kappa shape index (κ3) is 4.61. The summed E-state index contributed by atoms with van der Waals surface area (Å²) >= 11 is 0. The zero-order chi connectivity index (χ0) is 20.1. The summed E-state index contributed by atoms with van der Waals surface area (Å²) in [6.45, 7) is 4.98. The maximum absolute atomic E-state index is 13.0. The molecule has 2 aromatic carbocycles. The molecule has 3 rings (SSSR count). The van der Waals surface area contributed by atoms with Gasteiger partial charge in [0, 0.05) is 35.7 Å². The van der Waals surface area contributed by atoms with E-state index in [4.69, 9.17) is 11.2 Å². The van der Waals surface area contributed by atoms with Crippen LogP contribution >= 0.6 is 0 Å². The number of likely N-dealkylation sites (tertiary alicyclic amines) is 1. The second kappa shape index (κ2) is 8.75. The number of nitrogens with zero attached hydrogens (tertiary/aromatic N) is 1. The molecule has 0 unspecified atom stereocenters. The Labute approximate surface area is 166 Å². The summed E-state index contributed by atoms with van der Waals surface area (Å²) in [5, 5.41) is 0. The van der Waals surface area contributed by atoms with E-state index in [9.17, 15) is 9.59 Å². The summed E-state index contributed by atoms with van der Waals surface area (Å²) < 4.78 is 5.70. The average molecular weight is 375 g/mol. The van der Waals surface area contributed by atoms with E-state index in [1.54, 1.807) is 35.2 Å². The standard InChI is InChI=1S/C24H25NO3/c1-4-18-8-5-10-20(14-18)24(27)25-13-7-11-21(16-25)23(26)19-9-6-12-22(15-19)28-17(2)3/h1,5-6,8-10,12,14-15,17,21H,7,11,13,16H2,2-3H3/t21-/m0/s1. The molecule has 1 fully saturated rings. The Kier molecular flexibility index (Phi) is 6.16. The molecule has 0 N–H and O–H groups in total. The van der Waals surface area contributed by atoms with Gasteiger partial charge >= 0.3 is 0 Å². The molecule has 0 radical (unpaired) electrons. The average Bonchev–Trinajstić information content (AvgIpc) is 2.72. The molecule has 0 aromatic heterocycles. The van der Waals surface area contributed by atoms with Crippen LogP contribution in [0.3, 0.4) is 0 Å². The van der Waals surface area contributed by atoms with Gasteiger partial charge in [0.1, 0.15) is 5.75 Å². The molecule has 1 heterocycles. The van der Waals surface area contributed by atoms with Gasteiger partial charge in [0.05, 0.1) is 6.10 Å². The molecule has 0 bridgehead atoms. The zero-order valence-corrected chi connectivity index (χ0v) is 16.4. The van der Waals surface area contributed by atoms with Crippen LogP contribution in [-0.2, 0) is 0 Å². The van der Waals surface area contributed by atoms with Gasteiger partial charge < -0.3 is 9.64 Å². The molecule has 1 aliphatic heterocycles. The second-order valence-electron chi connectivity index (χ2n) is 7.37. The van der Waals surface area contributed by atoms with E-state index >= 15 is 0 Å². The van der Waals surface area contributed by atoms with Gasteiger partial charge in [-0.3, -0.25) is 9.59 Å². The number of carbonyl (C=O) groups is 2.